The van der Waals surface area contributed by atoms with E-state index in [9.17, 15) is 0 Å². The SMILES string of the molecule is CC[C@H]1CC[C@@]12CCCCO2. The van der Waals surface area contributed by atoms with Gasteiger partial charge in [-0.15, -0.1) is 0 Å². The molecule has 1 saturated heterocycles. The van der Waals surface area contributed by atoms with E-state index in [4.69, 9.17) is 4.74 Å². The van der Waals surface area contributed by atoms with Crippen molar-refractivity contribution in [2.45, 2.75) is 51.0 Å². The number of hydrogen-bond acceptors (Lipinski definition) is 1. The predicted octanol–water partition coefficient (Wildman–Crippen LogP) is 2.75. The van der Waals surface area contributed by atoms with E-state index < -0.39 is 0 Å². The second kappa shape index (κ2) is 2.78. The first-order chi connectivity index (χ1) is 5.37. The van der Waals surface area contributed by atoms with Crippen LogP contribution in [-0.2, 0) is 4.74 Å². The van der Waals surface area contributed by atoms with Gasteiger partial charge in [0, 0.05) is 6.61 Å². The van der Waals surface area contributed by atoms with Crippen LogP contribution in [0.2, 0.25) is 0 Å². The molecule has 1 aliphatic carbocycles. The summed E-state index contributed by atoms with van der Waals surface area (Å²) in [6.45, 7) is 3.32. The van der Waals surface area contributed by atoms with Gasteiger partial charge in [-0.1, -0.05) is 13.3 Å². The first kappa shape index (κ1) is 7.60. The Kier molecular flexibility index (Phi) is 1.92. The second-order valence-electron chi connectivity index (χ2n) is 4.01. The fourth-order valence-electron chi connectivity index (χ4n) is 2.64. The zero-order valence-corrected chi connectivity index (χ0v) is 7.44. The smallest absolute Gasteiger partial charge is 0.0710 e. The third kappa shape index (κ3) is 1.10. The Morgan fingerprint density at radius 1 is 1.36 bits per heavy atom. The Balaban J connectivity index is 1.97. The molecule has 11 heavy (non-hydrogen) atoms. The number of ether oxygens (including phenoxy) is 1. The van der Waals surface area contributed by atoms with E-state index in [1.54, 1.807) is 0 Å². The average molecular weight is 154 g/mol. The van der Waals surface area contributed by atoms with E-state index in [-0.39, 0.29) is 0 Å². The van der Waals surface area contributed by atoms with E-state index in [0.717, 1.165) is 12.5 Å². The first-order valence-electron chi connectivity index (χ1n) is 5.01. The maximum absolute atomic E-state index is 5.90. The molecule has 1 spiro atoms. The minimum atomic E-state index is 0.368. The summed E-state index contributed by atoms with van der Waals surface area (Å²) >= 11 is 0. The van der Waals surface area contributed by atoms with Crippen LogP contribution in [0.3, 0.4) is 0 Å². The van der Waals surface area contributed by atoms with E-state index >= 15 is 0 Å². The molecule has 0 unspecified atom stereocenters. The molecule has 64 valence electrons. The second-order valence-corrected chi connectivity index (χ2v) is 4.01. The van der Waals surface area contributed by atoms with Crippen molar-refractivity contribution >= 4 is 0 Å². The molecule has 1 aliphatic heterocycles. The van der Waals surface area contributed by atoms with E-state index in [0.29, 0.717) is 5.60 Å². The maximum Gasteiger partial charge on any atom is 0.0710 e. The molecular formula is C10H18O. The lowest BCUT2D eigenvalue weighted by atomic mass is 9.65. The highest BCUT2D eigenvalue weighted by Crippen LogP contribution is 2.48. The average Bonchev–Trinajstić information content (AvgIpc) is 2.05. The van der Waals surface area contributed by atoms with E-state index in [2.05, 4.69) is 6.92 Å². The quantitative estimate of drug-likeness (QED) is 0.564. The van der Waals surface area contributed by atoms with Crippen molar-refractivity contribution in [2.24, 2.45) is 5.92 Å². The zero-order valence-electron chi connectivity index (χ0n) is 7.44. The summed E-state index contributed by atoms with van der Waals surface area (Å²) in [4.78, 5) is 0. The molecule has 2 aliphatic rings. The molecule has 0 amide bonds. The van der Waals surface area contributed by atoms with Gasteiger partial charge in [-0.3, -0.25) is 0 Å². The van der Waals surface area contributed by atoms with Crippen molar-refractivity contribution in [3.8, 4) is 0 Å². The van der Waals surface area contributed by atoms with E-state index in [1.165, 1.54) is 38.5 Å². The molecule has 1 nitrogen and oxygen atoms in total. The van der Waals surface area contributed by atoms with Gasteiger partial charge >= 0.3 is 0 Å². The molecule has 0 aromatic carbocycles. The maximum atomic E-state index is 5.90. The van der Waals surface area contributed by atoms with Gasteiger partial charge in [0.15, 0.2) is 0 Å². The summed E-state index contributed by atoms with van der Waals surface area (Å²) in [7, 11) is 0. The molecular weight excluding hydrogens is 136 g/mol. The summed E-state index contributed by atoms with van der Waals surface area (Å²) in [6, 6.07) is 0. The Morgan fingerprint density at radius 3 is 2.73 bits per heavy atom. The van der Waals surface area contributed by atoms with Crippen LogP contribution >= 0.6 is 0 Å². The fourth-order valence-corrected chi connectivity index (χ4v) is 2.64. The lowest BCUT2D eigenvalue weighted by Crippen LogP contribution is -2.51. The molecule has 2 fully saturated rings. The molecule has 0 N–H and O–H groups in total. The Hall–Kier alpha value is -0.0400. The van der Waals surface area contributed by atoms with Crippen LogP contribution in [0.1, 0.15) is 45.4 Å². The minimum Gasteiger partial charge on any atom is -0.375 e. The van der Waals surface area contributed by atoms with Crippen molar-refractivity contribution in [1.29, 1.82) is 0 Å². The van der Waals surface area contributed by atoms with Crippen molar-refractivity contribution in [3.05, 3.63) is 0 Å². The van der Waals surface area contributed by atoms with Crippen LogP contribution in [0.25, 0.3) is 0 Å². The fraction of sp³-hybridized carbons (Fsp3) is 1.00. The largest absolute Gasteiger partial charge is 0.375 e. The topological polar surface area (TPSA) is 9.23 Å². The van der Waals surface area contributed by atoms with Crippen molar-refractivity contribution in [3.63, 3.8) is 0 Å². The Bertz CT molecular complexity index is 134. The summed E-state index contributed by atoms with van der Waals surface area (Å²) < 4.78 is 5.90. The molecule has 1 saturated carbocycles. The molecule has 0 aromatic rings. The van der Waals surface area contributed by atoms with Crippen LogP contribution in [0, 0.1) is 5.92 Å². The van der Waals surface area contributed by atoms with E-state index in [1.807, 2.05) is 0 Å². The summed E-state index contributed by atoms with van der Waals surface area (Å²) in [5.74, 6) is 0.891. The van der Waals surface area contributed by atoms with Gasteiger partial charge in [-0.25, -0.2) is 0 Å². The lowest BCUT2D eigenvalue weighted by molar-refractivity contribution is -0.171. The number of rotatable bonds is 1. The van der Waals surface area contributed by atoms with Crippen LogP contribution in [0.4, 0.5) is 0 Å². The van der Waals surface area contributed by atoms with Gasteiger partial charge in [0.25, 0.3) is 0 Å². The number of hydrogen-bond donors (Lipinski definition) is 0. The highest BCUT2D eigenvalue weighted by molar-refractivity contribution is 4.98. The van der Waals surface area contributed by atoms with Gasteiger partial charge in [-0.2, -0.15) is 0 Å². The van der Waals surface area contributed by atoms with Gasteiger partial charge in [0.2, 0.25) is 0 Å². The Morgan fingerprint density at radius 2 is 2.27 bits per heavy atom. The molecule has 0 radical (unpaired) electrons. The predicted molar refractivity (Wildman–Crippen MR) is 45.5 cm³/mol. The minimum absolute atomic E-state index is 0.368. The summed E-state index contributed by atoms with van der Waals surface area (Å²) in [6.07, 6.45) is 8.10. The van der Waals surface area contributed by atoms with Gasteiger partial charge < -0.3 is 4.74 Å². The van der Waals surface area contributed by atoms with Crippen LogP contribution in [0.15, 0.2) is 0 Å². The van der Waals surface area contributed by atoms with Crippen LogP contribution < -0.4 is 0 Å². The molecule has 2 rings (SSSR count). The van der Waals surface area contributed by atoms with Crippen molar-refractivity contribution in [2.75, 3.05) is 6.61 Å². The highest BCUT2D eigenvalue weighted by atomic mass is 16.5. The highest BCUT2D eigenvalue weighted by Gasteiger charge is 2.47. The molecule has 2 atom stereocenters. The molecule has 0 aromatic heterocycles. The van der Waals surface area contributed by atoms with Gasteiger partial charge in [-0.05, 0) is 38.0 Å². The third-order valence-electron chi connectivity index (χ3n) is 3.54. The lowest BCUT2D eigenvalue weighted by Gasteiger charge is -2.51. The zero-order chi connectivity index (χ0) is 7.73. The molecule has 1 heterocycles. The molecule has 1 heteroatoms. The monoisotopic (exact) mass is 154 g/mol. The summed E-state index contributed by atoms with van der Waals surface area (Å²) in [5.41, 5.74) is 0.368. The standard InChI is InChI=1S/C10H18O/c1-2-9-5-7-10(9)6-3-4-8-11-10/h9H,2-8H2,1H3/t9-,10-/m0/s1. The Labute approximate surface area is 69.1 Å². The third-order valence-corrected chi connectivity index (χ3v) is 3.54. The first-order valence-corrected chi connectivity index (χ1v) is 5.01. The van der Waals surface area contributed by atoms with Crippen LogP contribution in [-0.4, -0.2) is 12.2 Å². The van der Waals surface area contributed by atoms with Crippen molar-refractivity contribution < 1.29 is 4.74 Å². The van der Waals surface area contributed by atoms with Crippen LogP contribution in [0.5, 0.6) is 0 Å². The normalized spacial score (nSPS) is 43.9. The van der Waals surface area contributed by atoms with Gasteiger partial charge in [0.1, 0.15) is 0 Å². The van der Waals surface area contributed by atoms with Gasteiger partial charge in [0.05, 0.1) is 5.60 Å². The molecule has 0 bridgehead atoms. The van der Waals surface area contributed by atoms with Crippen molar-refractivity contribution in [1.82, 2.24) is 0 Å². The summed E-state index contributed by atoms with van der Waals surface area (Å²) in [5, 5.41) is 0.